The summed E-state index contributed by atoms with van der Waals surface area (Å²) in [5.41, 5.74) is -1.47. The quantitative estimate of drug-likeness (QED) is 0.713. The molecule has 1 unspecified atom stereocenters. The SMILES string of the molecule is COCC1(N(C(=O)OC(C)(C)C)S(=O)[O-])CC1. The molecule has 0 aliphatic heterocycles. The van der Waals surface area contributed by atoms with Crippen molar-refractivity contribution in [3.8, 4) is 0 Å². The van der Waals surface area contributed by atoms with Crippen LogP contribution in [0, 0.1) is 0 Å². The Kier molecular flexibility index (Phi) is 4.16. The van der Waals surface area contributed by atoms with Crippen molar-refractivity contribution in [3.63, 3.8) is 0 Å². The Balaban J connectivity index is 2.80. The van der Waals surface area contributed by atoms with E-state index in [2.05, 4.69) is 0 Å². The van der Waals surface area contributed by atoms with Crippen LogP contribution in [0.3, 0.4) is 0 Å². The van der Waals surface area contributed by atoms with Gasteiger partial charge >= 0.3 is 6.09 Å². The average molecular weight is 264 g/mol. The number of amides is 1. The molecule has 0 bridgehead atoms. The Morgan fingerprint density at radius 1 is 1.47 bits per heavy atom. The van der Waals surface area contributed by atoms with Crippen molar-refractivity contribution in [1.82, 2.24) is 4.31 Å². The van der Waals surface area contributed by atoms with Gasteiger partial charge in [0.2, 0.25) is 0 Å². The molecule has 1 aliphatic rings. The number of hydrogen-bond acceptors (Lipinski definition) is 5. The van der Waals surface area contributed by atoms with E-state index in [1.165, 1.54) is 7.11 Å². The average Bonchev–Trinajstić information content (AvgIpc) is 2.81. The van der Waals surface area contributed by atoms with Crippen LogP contribution >= 0.6 is 0 Å². The monoisotopic (exact) mass is 264 g/mol. The van der Waals surface area contributed by atoms with Crippen LogP contribution in [-0.4, -0.2) is 44.0 Å². The van der Waals surface area contributed by atoms with Gasteiger partial charge in [0.05, 0.1) is 23.4 Å². The Bertz CT molecular complexity index is 321. The van der Waals surface area contributed by atoms with Crippen LogP contribution in [0.5, 0.6) is 0 Å². The Hall–Kier alpha value is -0.660. The first kappa shape index (κ1) is 14.4. The minimum Gasteiger partial charge on any atom is -0.755 e. The van der Waals surface area contributed by atoms with Crippen molar-refractivity contribution < 1.29 is 23.0 Å². The fraction of sp³-hybridized carbons (Fsp3) is 0.900. The maximum Gasteiger partial charge on any atom is 0.422 e. The van der Waals surface area contributed by atoms with Crippen LogP contribution in [0.1, 0.15) is 33.6 Å². The Morgan fingerprint density at radius 3 is 2.29 bits per heavy atom. The van der Waals surface area contributed by atoms with Gasteiger partial charge in [-0.2, -0.15) is 0 Å². The molecule has 0 heterocycles. The molecule has 1 atom stereocenters. The molecule has 1 rings (SSSR count). The molecular formula is C10H18NO5S-. The Morgan fingerprint density at radius 2 is 2.00 bits per heavy atom. The Labute approximate surface area is 104 Å². The number of ether oxygens (including phenoxy) is 2. The van der Waals surface area contributed by atoms with Crippen LogP contribution < -0.4 is 0 Å². The summed E-state index contributed by atoms with van der Waals surface area (Å²) in [6.07, 6.45) is 0.364. The van der Waals surface area contributed by atoms with Crippen LogP contribution in [0.4, 0.5) is 4.79 Å². The van der Waals surface area contributed by atoms with Gasteiger partial charge in [0.25, 0.3) is 0 Å². The van der Waals surface area contributed by atoms with Gasteiger partial charge in [-0.3, -0.25) is 4.21 Å². The molecule has 0 radical (unpaired) electrons. The van der Waals surface area contributed by atoms with Gasteiger partial charge in [0, 0.05) is 7.11 Å². The van der Waals surface area contributed by atoms with Gasteiger partial charge < -0.3 is 14.0 Å². The summed E-state index contributed by atoms with van der Waals surface area (Å²) in [5.74, 6) is 0. The van der Waals surface area contributed by atoms with Crippen LogP contribution in [0.2, 0.25) is 0 Å². The minimum atomic E-state index is -2.65. The molecule has 17 heavy (non-hydrogen) atoms. The number of methoxy groups -OCH3 is 1. The van der Waals surface area contributed by atoms with Crippen molar-refractivity contribution >= 4 is 17.4 Å². The normalized spacial score (nSPS) is 19.6. The van der Waals surface area contributed by atoms with Crippen molar-refractivity contribution in [2.75, 3.05) is 13.7 Å². The number of rotatable bonds is 4. The second-order valence-corrected chi connectivity index (χ2v) is 5.95. The summed E-state index contributed by atoms with van der Waals surface area (Å²) < 4.78 is 33.1. The standard InChI is InChI=1S/C10H19NO5S/c1-9(2,3)16-8(12)11(17(13)14)10(5-6-10)7-15-4/h5-7H2,1-4H3,(H,13,14)/p-1. The minimum absolute atomic E-state index is 0.195. The van der Waals surface area contributed by atoms with E-state index in [-0.39, 0.29) is 6.61 Å². The third-order valence-electron chi connectivity index (χ3n) is 2.38. The van der Waals surface area contributed by atoms with Gasteiger partial charge in [-0.05, 0) is 33.6 Å². The lowest BCUT2D eigenvalue weighted by molar-refractivity contribution is 0.0231. The zero-order valence-electron chi connectivity index (χ0n) is 10.5. The zero-order valence-corrected chi connectivity index (χ0v) is 11.3. The third kappa shape index (κ3) is 3.65. The largest absolute Gasteiger partial charge is 0.755 e. The molecule has 0 aromatic rings. The number of hydrogen-bond donors (Lipinski definition) is 0. The molecule has 7 heteroatoms. The molecule has 0 aromatic heterocycles. The van der Waals surface area contributed by atoms with Gasteiger partial charge in [0.15, 0.2) is 0 Å². The molecule has 6 nitrogen and oxygen atoms in total. The second-order valence-electron chi connectivity index (χ2n) is 5.15. The van der Waals surface area contributed by atoms with E-state index in [4.69, 9.17) is 9.47 Å². The summed E-state index contributed by atoms with van der Waals surface area (Å²) in [4.78, 5) is 11.8. The van der Waals surface area contributed by atoms with Crippen molar-refractivity contribution in [2.24, 2.45) is 0 Å². The molecule has 1 amide bonds. The van der Waals surface area contributed by atoms with E-state index in [0.717, 1.165) is 4.31 Å². The topological polar surface area (TPSA) is 78.9 Å². The predicted molar refractivity (Wildman–Crippen MR) is 60.8 cm³/mol. The third-order valence-corrected chi connectivity index (χ3v) is 3.21. The lowest BCUT2D eigenvalue weighted by Gasteiger charge is -2.34. The molecule has 0 aromatic carbocycles. The summed E-state index contributed by atoms with van der Waals surface area (Å²) in [5, 5.41) is 0. The lowest BCUT2D eigenvalue weighted by atomic mass is 10.2. The van der Waals surface area contributed by atoms with Crippen molar-refractivity contribution in [3.05, 3.63) is 0 Å². The van der Waals surface area contributed by atoms with E-state index in [9.17, 15) is 13.6 Å². The number of carbonyl (C=O) groups excluding carboxylic acids is 1. The molecule has 1 saturated carbocycles. The molecule has 100 valence electrons. The first-order valence-corrected chi connectivity index (χ1v) is 6.36. The number of nitrogens with zero attached hydrogens (tertiary/aromatic N) is 1. The summed E-state index contributed by atoms with van der Waals surface area (Å²) in [6.45, 7) is 5.26. The first-order chi connectivity index (χ1) is 7.72. The highest BCUT2D eigenvalue weighted by Crippen LogP contribution is 2.43. The molecule has 1 aliphatic carbocycles. The predicted octanol–water partition coefficient (Wildman–Crippen LogP) is 1.20. The molecule has 1 fully saturated rings. The highest BCUT2D eigenvalue weighted by Gasteiger charge is 2.52. The fourth-order valence-corrected chi connectivity index (χ4v) is 2.25. The summed E-state index contributed by atoms with van der Waals surface area (Å²) in [7, 11) is 1.47. The van der Waals surface area contributed by atoms with E-state index in [1.807, 2.05) is 0 Å². The highest BCUT2D eigenvalue weighted by atomic mass is 32.2. The lowest BCUT2D eigenvalue weighted by Crippen LogP contribution is -2.48. The van der Waals surface area contributed by atoms with Crippen LogP contribution in [0.25, 0.3) is 0 Å². The summed E-state index contributed by atoms with van der Waals surface area (Å²) >= 11 is -2.65. The van der Waals surface area contributed by atoms with Gasteiger partial charge in [-0.1, -0.05) is 0 Å². The number of carbonyl (C=O) groups is 1. The van der Waals surface area contributed by atoms with E-state index < -0.39 is 28.5 Å². The maximum absolute atomic E-state index is 11.8. The van der Waals surface area contributed by atoms with E-state index in [0.29, 0.717) is 12.8 Å². The molecule has 0 saturated heterocycles. The first-order valence-electron chi connectivity index (χ1n) is 5.33. The van der Waals surface area contributed by atoms with E-state index in [1.54, 1.807) is 20.8 Å². The molecule has 0 N–H and O–H groups in total. The van der Waals surface area contributed by atoms with Gasteiger partial charge in [-0.25, -0.2) is 9.10 Å². The zero-order chi connectivity index (χ0) is 13.3. The van der Waals surface area contributed by atoms with Crippen molar-refractivity contribution in [1.29, 1.82) is 0 Å². The maximum atomic E-state index is 11.8. The summed E-state index contributed by atoms with van der Waals surface area (Å²) in [6, 6.07) is 0. The van der Waals surface area contributed by atoms with Gasteiger partial charge in [-0.15, -0.1) is 0 Å². The van der Waals surface area contributed by atoms with Crippen molar-refractivity contribution in [2.45, 2.75) is 44.8 Å². The van der Waals surface area contributed by atoms with Gasteiger partial charge in [0.1, 0.15) is 5.60 Å². The molecule has 0 spiro atoms. The highest BCUT2D eigenvalue weighted by molar-refractivity contribution is 7.77. The fourth-order valence-electron chi connectivity index (χ4n) is 1.54. The van der Waals surface area contributed by atoms with E-state index >= 15 is 0 Å². The molecular weight excluding hydrogens is 246 g/mol. The second kappa shape index (κ2) is 4.91. The van der Waals surface area contributed by atoms with Crippen LogP contribution in [-0.2, 0) is 20.7 Å². The van der Waals surface area contributed by atoms with Crippen LogP contribution in [0.15, 0.2) is 0 Å². The smallest absolute Gasteiger partial charge is 0.422 e.